The van der Waals surface area contributed by atoms with E-state index in [2.05, 4.69) is 24.4 Å². The van der Waals surface area contributed by atoms with Crippen LogP contribution in [0.3, 0.4) is 0 Å². The Bertz CT molecular complexity index is 714. The summed E-state index contributed by atoms with van der Waals surface area (Å²) in [7, 11) is 0. The molecule has 2 aromatic heterocycles. The quantitative estimate of drug-likeness (QED) is 0.667. The molecule has 1 aliphatic rings. The maximum absolute atomic E-state index is 12.0. The lowest BCUT2D eigenvalue weighted by atomic mass is 10.2. The largest absolute Gasteiger partial charge is 0.460 e. The topological polar surface area (TPSA) is 54.6 Å². The lowest BCUT2D eigenvalue weighted by Crippen LogP contribution is -2.16. The Morgan fingerprint density at radius 2 is 2.32 bits per heavy atom. The van der Waals surface area contributed by atoms with Crippen molar-refractivity contribution in [2.75, 3.05) is 0 Å². The number of nitrogens with zero attached hydrogens (tertiary/aromatic N) is 1. The van der Waals surface area contributed by atoms with Gasteiger partial charge >= 0.3 is 0 Å². The van der Waals surface area contributed by atoms with Crippen LogP contribution in [0.5, 0.6) is 0 Å². The number of hydrazone groups is 1. The molecule has 0 radical (unpaired) electrons. The number of rotatable bonds is 5. The van der Waals surface area contributed by atoms with Crippen LogP contribution in [0.1, 0.15) is 57.8 Å². The van der Waals surface area contributed by atoms with Gasteiger partial charge in [0.25, 0.3) is 5.91 Å². The SMILES string of the molecule is CCc1sc(C(=O)N/N=C\c2ccc([C@@H]3C[C@H]3C)o2)cc1C. The lowest BCUT2D eigenvalue weighted by Gasteiger charge is -1.95. The number of furan rings is 1. The zero-order chi connectivity index (χ0) is 15.7. The van der Waals surface area contributed by atoms with Gasteiger partial charge in [-0.25, -0.2) is 5.43 Å². The second kappa shape index (κ2) is 6.08. The molecule has 1 N–H and O–H groups in total. The molecule has 2 atom stereocenters. The first-order valence-electron chi connectivity index (χ1n) is 7.61. The highest BCUT2D eigenvalue weighted by Crippen LogP contribution is 2.47. The molecule has 5 heteroatoms. The molecule has 0 saturated heterocycles. The second-order valence-electron chi connectivity index (χ2n) is 5.83. The van der Waals surface area contributed by atoms with E-state index in [-0.39, 0.29) is 5.91 Å². The average Bonchev–Trinajstić information content (AvgIpc) is 2.90. The third-order valence-electron chi connectivity index (χ3n) is 4.05. The molecular weight excluding hydrogens is 296 g/mol. The van der Waals surface area contributed by atoms with E-state index < -0.39 is 0 Å². The van der Waals surface area contributed by atoms with Crippen molar-refractivity contribution >= 4 is 23.5 Å². The van der Waals surface area contributed by atoms with Crippen LogP contribution in [-0.2, 0) is 6.42 Å². The zero-order valence-corrected chi connectivity index (χ0v) is 13.9. The minimum absolute atomic E-state index is 0.174. The average molecular weight is 316 g/mol. The highest BCUT2D eigenvalue weighted by molar-refractivity contribution is 7.14. The fourth-order valence-electron chi connectivity index (χ4n) is 2.55. The van der Waals surface area contributed by atoms with Crippen LogP contribution in [0.4, 0.5) is 0 Å². The van der Waals surface area contributed by atoms with E-state index in [0.29, 0.717) is 22.5 Å². The van der Waals surface area contributed by atoms with E-state index in [9.17, 15) is 4.79 Å². The van der Waals surface area contributed by atoms with Crippen LogP contribution in [0.15, 0.2) is 27.7 Å². The predicted molar refractivity (Wildman–Crippen MR) is 88.7 cm³/mol. The van der Waals surface area contributed by atoms with Gasteiger partial charge < -0.3 is 4.42 Å². The van der Waals surface area contributed by atoms with Crippen LogP contribution < -0.4 is 5.43 Å². The molecule has 2 aromatic rings. The molecule has 4 nitrogen and oxygen atoms in total. The van der Waals surface area contributed by atoms with Crippen LogP contribution in [-0.4, -0.2) is 12.1 Å². The summed E-state index contributed by atoms with van der Waals surface area (Å²) in [6.45, 7) is 6.33. The first-order valence-corrected chi connectivity index (χ1v) is 8.42. The van der Waals surface area contributed by atoms with Gasteiger partial charge in [0, 0.05) is 10.8 Å². The number of amides is 1. The van der Waals surface area contributed by atoms with Crippen molar-refractivity contribution < 1.29 is 9.21 Å². The summed E-state index contributed by atoms with van der Waals surface area (Å²) in [6.07, 6.45) is 3.69. The van der Waals surface area contributed by atoms with Crippen LogP contribution >= 0.6 is 11.3 Å². The van der Waals surface area contributed by atoms with Crippen molar-refractivity contribution in [1.82, 2.24) is 5.43 Å². The molecule has 1 fully saturated rings. The number of aryl methyl sites for hydroxylation is 2. The summed E-state index contributed by atoms with van der Waals surface area (Å²) >= 11 is 1.52. The third kappa shape index (κ3) is 3.14. The smallest absolute Gasteiger partial charge is 0.281 e. The maximum atomic E-state index is 12.0. The Morgan fingerprint density at radius 1 is 1.55 bits per heavy atom. The van der Waals surface area contributed by atoms with E-state index >= 15 is 0 Å². The molecular formula is C17H20N2O2S. The van der Waals surface area contributed by atoms with Gasteiger partial charge in [0.15, 0.2) is 0 Å². The number of hydrogen-bond acceptors (Lipinski definition) is 4. The number of thiophene rings is 1. The van der Waals surface area contributed by atoms with Crippen molar-refractivity contribution in [3.63, 3.8) is 0 Å². The number of hydrogen-bond donors (Lipinski definition) is 1. The number of carbonyl (C=O) groups is 1. The number of carbonyl (C=O) groups excluding carboxylic acids is 1. The van der Waals surface area contributed by atoms with Gasteiger partial charge in [0.05, 0.1) is 11.1 Å². The summed E-state index contributed by atoms with van der Waals surface area (Å²) in [5.41, 5.74) is 3.72. The summed E-state index contributed by atoms with van der Waals surface area (Å²) < 4.78 is 5.71. The van der Waals surface area contributed by atoms with E-state index in [1.807, 2.05) is 25.1 Å². The predicted octanol–water partition coefficient (Wildman–Crippen LogP) is 4.10. The van der Waals surface area contributed by atoms with Crippen LogP contribution in [0, 0.1) is 12.8 Å². The Hall–Kier alpha value is -1.88. The third-order valence-corrected chi connectivity index (χ3v) is 5.43. The molecule has 1 aliphatic carbocycles. The first kappa shape index (κ1) is 15.0. The van der Waals surface area contributed by atoms with Gasteiger partial charge in [-0.1, -0.05) is 13.8 Å². The molecule has 0 spiro atoms. The molecule has 2 heterocycles. The van der Waals surface area contributed by atoms with Crippen LogP contribution in [0.25, 0.3) is 0 Å². The van der Waals surface area contributed by atoms with Crippen molar-refractivity contribution in [2.45, 2.75) is 39.5 Å². The Morgan fingerprint density at radius 3 is 2.95 bits per heavy atom. The van der Waals surface area contributed by atoms with Gasteiger partial charge in [-0.2, -0.15) is 5.10 Å². The second-order valence-corrected chi connectivity index (χ2v) is 6.97. The molecule has 0 aromatic carbocycles. The van der Waals surface area contributed by atoms with Crippen molar-refractivity contribution in [2.24, 2.45) is 11.0 Å². The summed E-state index contributed by atoms with van der Waals surface area (Å²) in [5.74, 6) is 2.78. The van der Waals surface area contributed by atoms with Gasteiger partial charge in [-0.05, 0) is 49.4 Å². The molecule has 0 bridgehead atoms. The minimum Gasteiger partial charge on any atom is -0.460 e. The fourth-order valence-corrected chi connectivity index (χ4v) is 3.55. The fraction of sp³-hybridized carbons (Fsp3) is 0.412. The first-order chi connectivity index (χ1) is 10.6. The zero-order valence-electron chi connectivity index (χ0n) is 13.1. The molecule has 0 unspecified atom stereocenters. The van der Waals surface area contributed by atoms with E-state index in [4.69, 9.17) is 4.42 Å². The standard InChI is InChI=1S/C17H20N2O2S/c1-4-15-11(3)8-16(22-15)17(20)19-18-9-12-5-6-14(21-12)13-7-10(13)2/h5-6,8-10,13H,4,7H2,1-3H3,(H,19,20)/b18-9-/t10-,13-/m1/s1. The van der Waals surface area contributed by atoms with Crippen molar-refractivity contribution in [3.05, 3.63) is 45.0 Å². The highest BCUT2D eigenvalue weighted by atomic mass is 32.1. The molecule has 116 valence electrons. The van der Waals surface area contributed by atoms with E-state index in [1.54, 1.807) is 6.21 Å². The normalized spacial score (nSPS) is 20.5. The molecule has 0 aliphatic heterocycles. The molecule has 3 rings (SSSR count). The highest BCUT2D eigenvalue weighted by Gasteiger charge is 2.36. The molecule has 1 saturated carbocycles. The van der Waals surface area contributed by atoms with Crippen molar-refractivity contribution in [1.29, 1.82) is 0 Å². The Labute approximate surface area is 134 Å². The van der Waals surface area contributed by atoms with Gasteiger partial charge in [0.2, 0.25) is 0 Å². The van der Waals surface area contributed by atoms with Gasteiger partial charge in [-0.15, -0.1) is 11.3 Å². The number of nitrogens with one attached hydrogen (secondary N) is 1. The molecule has 1 amide bonds. The summed E-state index contributed by atoms with van der Waals surface area (Å²) in [6, 6.07) is 5.79. The van der Waals surface area contributed by atoms with Gasteiger partial charge in [-0.3, -0.25) is 4.79 Å². The van der Waals surface area contributed by atoms with Crippen molar-refractivity contribution in [3.8, 4) is 0 Å². The Balaban J connectivity index is 1.59. The maximum Gasteiger partial charge on any atom is 0.281 e. The molecule has 22 heavy (non-hydrogen) atoms. The minimum atomic E-state index is -0.174. The van der Waals surface area contributed by atoms with E-state index in [1.165, 1.54) is 22.6 Å². The van der Waals surface area contributed by atoms with Crippen LogP contribution in [0.2, 0.25) is 0 Å². The summed E-state index contributed by atoms with van der Waals surface area (Å²) in [4.78, 5) is 14.0. The monoisotopic (exact) mass is 316 g/mol. The Kier molecular flexibility index (Phi) is 4.16. The lowest BCUT2D eigenvalue weighted by molar-refractivity contribution is 0.0959. The van der Waals surface area contributed by atoms with E-state index in [0.717, 1.165) is 17.7 Å². The summed E-state index contributed by atoms with van der Waals surface area (Å²) in [5, 5.41) is 3.98. The van der Waals surface area contributed by atoms with Gasteiger partial charge in [0.1, 0.15) is 11.5 Å².